The van der Waals surface area contributed by atoms with Crippen molar-refractivity contribution in [2.75, 3.05) is 0 Å². The van der Waals surface area contributed by atoms with Crippen LogP contribution >= 0.6 is 15.9 Å². The number of hydrogen-bond acceptors (Lipinski definition) is 2. The van der Waals surface area contributed by atoms with Gasteiger partial charge in [0.15, 0.2) is 0 Å². The van der Waals surface area contributed by atoms with Crippen molar-refractivity contribution < 1.29 is 21.1 Å². The first kappa shape index (κ1) is 8.22. The predicted octanol–water partition coefficient (Wildman–Crippen LogP) is 1.23. The van der Waals surface area contributed by atoms with Crippen LogP contribution in [0.3, 0.4) is 0 Å². The maximum absolute atomic E-state index is 11.2. The van der Waals surface area contributed by atoms with Gasteiger partial charge in [-0.15, -0.1) is 0 Å². The van der Waals surface area contributed by atoms with Crippen LogP contribution in [-0.4, -0.2) is 12.6 Å². The van der Waals surface area contributed by atoms with E-state index in [2.05, 4.69) is 0 Å². The summed E-state index contributed by atoms with van der Waals surface area (Å²) in [6.07, 6.45) is 0. The molecule has 7 heteroatoms. The van der Waals surface area contributed by atoms with Crippen LogP contribution < -0.4 is 0 Å². The van der Waals surface area contributed by atoms with Crippen molar-refractivity contribution in [1.29, 1.82) is 0 Å². The van der Waals surface area contributed by atoms with Gasteiger partial charge in [-0.05, 0) is 0 Å². The highest BCUT2D eigenvalue weighted by Gasteiger charge is 2.42. The van der Waals surface area contributed by atoms with E-state index in [0.717, 1.165) is 0 Å². The van der Waals surface area contributed by atoms with Crippen molar-refractivity contribution in [2.45, 2.75) is 4.16 Å². The van der Waals surface area contributed by atoms with Gasteiger partial charge in [-0.3, -0.25) is 0 Å². The number of hydrogen-bond donors (Lipinski definition) is 0. The van der Waals surface area contributed by atoms with Gasteiger partial charge in [0, 0.05) is 15.9 Å². The fourth-order valence-electron chi connectivity index (χ4n) is 0. The van der Waals surface area contributed by atoms with E-state index in [1.807, 2.05) is 0 Å². The molecule has 0 aromatic rings. The van der Waals surface area contributed by atoms with Crippen LogP contribution in [0.25, 0.3) is 0 Å². The largest absolute Gasteiger partial charge is 0.428 e. The van der Waals surface area contributed by atoms with Gasteiger partial charge in [0.1, 0.15) is 0 Å². The molecule has 0 heterocycles. The van der Waals surface area contributed by atoms with Gasteiger partial charge in [0.05, 0.1) is 0 Å². The third-order valence-corrected chi connectivity index (χ3v) is 1.99. The van der Waals surface area contributed by atoms with E-state index in [-0.39, 0.29) is 0 Å². The van der Waals surface area contributed by atoms with E-state index < -0.39 is 14.4 Å². The third kappa shape index (κ3) is 1.99. The lowest BCUT2D eigenvalue weighted by atomic mass is 11.7. The first-order valence-corrected chi connectivity index (χ1v) is 3.44. The van der Waals surface area contributed by atoms with E-state index in [0.29, 0.717) is 0 Å². The molecule has 0 spiro atoms. The molecule has 8 heavy (non-hydrogen) atoms. The fourth-order valence-corrected chi connectivity index (χ4v) is 0. The predicted molar refractivity (Wildman–Crippen MR) is 23.9 cm³/mol. The van der Waals surface area contributed by atoms with Gasteiger partial charge < -0.3 is 0 Å². The number of alkyl halides is 3. The molecule has 2 nitrogen and oxygen atoms in total. The molecule has 0 N–H and O–H groups in total. The summed E-state index contributed by atoms with van der Waals surface area (Å²) in [4.78, 5) is 0. The van der Waals surface area contributed by atoms with Gasteiger partial charge in [-0.2, -0.15) is 17.2 Å². The Morgan fingerprint density at radius 3 is 1.50 bits per heavy atom. The number of halogens is 4. The molecule has 0 aliphatic carbocycles. The van der Waals surface area contributed by atoms with Gasteiger partial charge in [0.25, 0.3) is 0 Å². The normalized spacial score (nSPS) is 14.0. The zero-order chi connectivity index (χ0) is 7.00. The molecule has 50 valence electrons. The molecule has 0 amide bonds. The average molecular weight is 213 g/mol. The Hall–Kier alpha value is 0.220. The Balaban J connectivity index is 4.53. The van der Waals surface area contributed by atoms with Crippen LogP contribution in [-0.2, 0) is 10.2 Å². The molecule has 0 saturated carbocycles. The SMILES string of the molecule is O=S(=O)(F)C(F)(F)Br. The Labute approximate surface area is 52.0 Å². The van der Waals surface area contributed by atoms with Crippen LogP contribution in [0.2, 0.25) is 0 Å². The number of rotatable bonds is 1. The minimum Gasteiger partial charge on any atom is -0.187 e. The molecule has 0 aliphatic rings. The highest BCUT2D eigenvalue weighted by atomic mass is 79.9. The molecule has 0 aromatic heterocycles. The van der Waals surface area contributed by atoms with E-state index >= 15 is 0 Å². The Bertz CT molecular complexity index is 166. The molecule has 0 aliphatic heterocycles. The summed E-state index contributed by atoms with van der Waals surface area (Å²) in [5.74, 6) is 0. The van der Waals surface area contributed by atoms with Crippen molar-refractivity contribution in [2.24, 2.45) is 0 Å². The summed E-state index contributed by atoms with van der Waals surface area (Å²) in [5, 5.41) is 0. The average Bonchev–Trinajstić information content (AvgIpc) is 1.25. The topological polar surface area (TPSA) is 34.1 Å². The molecular weight excluding hydrogens is 213 g/mol. The summed E-state index contributed by atoms with van der Waals surface area (Å²) >= 11 is 1.30. The minimum absolute atomic E-state index is 1.30. The molecule has 0 bridgehead atoms. The first-order valence-electron chi connectivity index (χ1n) is 1.26. The Morgan fingerprint density at radius 2 is 1.50 bits per heavy atom. The lowest BCUT2D eigenvalue weighted by Crippen LogP contribution is -2.15. The van der Waals surface area contributed by atoms with Crippen LogP contribution in [0.15, 0.2) is 0 Å². The van der Waals surface area contributed by atoms with E-state index in [9.17, 15) is 21.1 Å². The summed E-state index contributed by atoms with van der Waals surface area (Å²) in [6.45, 7) is 0. The van der Waals surface area contributed by atoms with Crippen LogP contribution in [0.5, 0.6) is 0 Å². The van der Waals surface area contributed by atoms with E-state index in [1.54, 1.807) is 0 Å². The molecule has 0 saturated heterocycles. The molecule has 0 atom stereocenters. The second-order valence-corrected chi connectivity index (χ2v) is 3.79. The third-order valence-electron chi connectivity index (χ3n) is 0.276. The van der Waals surface area contributed by atoms with Crippen molar-refractivity contribution in [3.63, 3.8) is 0 Å². The van der Waals surface area contributed by atoms with Crippen LogP contribution in [0.4, 0.5) is 12.7 Å². The molecule has 0 radical (unpaired) electrons. The van der Waals surface area contributed by atoms with Crippen molar-refractivity contribution >= 4 is 26.2 Å². The van der Waals surface area contributed by atoms with E-state index in [4.69, 9.17) is 0 Å². The van der Waals surface area contributed by atoms with Gasteiger partial charge in [0.2, 0.25) is 0 Å². The zero-order valence-electron chi connectivity index (χ0n) is 3.24. The molecule has 0 aromatic carbocycles. The standard InChI is InChI=1S/CBrF3O2S/c2-1(3,4)8(5,6)7. The lowest BCUT2D eigenvalue weighted by molar-refractivity contribution is 0.196. The van der Waals surface area contributed by atoms with Gasteiger partial charge >= 0.3 is 14.4 Å². The molecule has 0 unspecified atom stereocenters. The monoisotopic (exact) mass is 212 g/mol. The van der Waals surface area contributed by atoms with E-state index in [1.165, 1.54) is 15.9 Å². The smallest absolute Gasteiger partial charge is 0.187 e. The Kier molecular flexibility index (Phi) is 1.92. The maximum atomic E-state index is 11.2. The zero-order valence-corrected chi connectivity index (χ0v) is 5.64. The minimum atomic E-state index is -5.76. The second kappa shape index (κ2) is 1.87. The molecule has 0 fully saturated rings. The fraction of sp³-hybridized carbons (Fsp3) is 1.00. The van der Waals surface area contributed by atoms with Crippen molar-refractivity contribution in [1.82, 2.24) is 0 Å². The second-order valence-electron chi connectivity index (χ2n) is 0.884. The summed E-state index contributed by atoms with van der Waals surface area (Å²) in [5.41, 5.74) is 0. The quantitative estimate of drug-likeness (QED) is 0.484. The van der Waals surface area contributed by atoms with Crippen LogP contribution in [0.1, 0.15) is 0 Å². The Morgan fingerprint density at radius 1 is 1.38 bits per heavy atom. The summed E-state index contributed by atoms with van der Waals surface area (Å²) in [7, 11) is -5.76. The summed E-state index contributed by atoms with van der Waals surface area (Å²) in [6, 6.07) is 0. The van der Waals surface area contributed by atoms with Crippen molar-refractivity contribution in [3.8, 4) is 0 Å². The van der Waals surface area contributed by atoms with Gasteiger partial charge in [-0.25, -0.2) is 0 Å². The molecule has 0 rings (SSSR count). The summed E-state index contributed by atoms with van der Waals surface area (Å²) < 4.78 is 47.4. The first-order chi connectivity index (χ1) is 3.25. The van der Waals surface area contributed by atoms with Gasteiger partial charge in [-0.1, -0.05) is 3.89 Å². The van der Waals surface area contributed by atoms with Crippen LogP contribution in [0, 0.1) is 0 Å². The van der Waals surface area contributed by atoms with Crippen molar-refractivity contribution in [3.05, 3.63) is 0 Å². The maximum Gasteiger partial charge on any atom is 0.428 e. The lowest BCUT2D eigenvalue weighted by Gasteiger charge is -1.97. The highest BCUT2D eigenvalue weighted by molar-refractivity contribution is 9.11. The molecular formula is CBrF3O2S. The highest BCUT2D eigenvalue weighted by Crippen LogP contribution is 2.29.